The minimum atomic E-state index is -0.539. The Hall–Kier alpha value is -2.51. The molecule has 1 heterocycles. The fraction of sp³-hybridized carbons (Fsp3) is 0.125. The van der Waals surface area contributed by atoms with Crippen molar-refractivity contribution in [3.63, 3.8) is 0 Å². The fourth-order valence-electron chi connectivity index (χ4n) is 1.31. The van der Waals surface area contributed by atoms with Crippen LogP contribution in [-0.4, -0.2) is 25.1 Å². The zero-order valence-corrected chi connectivity index (χ0v) is 8.36. The minimum absolute atomic E-state index is 0.115. The van der Waals surface area contributed by atoms with Crippen molar-refractivity contribution >= 4 is 11.4 Å². The van der Waals surface area contributed by atoms with Crippen LogP contribution in [-0.2, 0) is 7.05 Å². The Morgan fingerprint density at radius 2 is 2.25 bits per heavy atom. The number of rotatable bonds is 2. The largest absolute Gasteiger partial charge is 0.393 e. The first-order chi connectivity index (χ1) is 7.59. The Morgan fingerprint density at radius 3 is 2.81 bits per heavy atom. The van der Waals surface area contributed by atoms with Gasteiger partial charge in [0.15, 0.2) is 5.82 Å². The summed E-state index contributed by atoms with van der Waals surface area (Å²) >= 11 is 0. The number of nitrogens with two attached hydrogens (primary N) is 1. The minimum Gasteiger partial charge on any atom is -0.393 e. The molecule has 1 aromatic heterocycles. The van der Waals surface area contributed by atoms with Gasteiger partial charge in [-0.05, 0) is 22.6 Å². The molecule has 0 radical (unpaired) electrons. The summed E-state index contributed by atoms with van der Waals surface area (Å²) in [6.45, 7) is 0. The van der Waals surface area contributed by atoms with Gasteiger partial charge in [-0.25, -0.2) is 4.68 Å². The van der Waals surface area contributed by atoms with Crippen LogP contribution in [0.25, 0.3) is 11.4 Å². The Labute approximate surface area is 89.8 Å². The van der Waals surface area contributed by atoms with E-state index in [-0.39, 0.29) is 11.4 Å². The van der Waals surface area contributed by atoms with Gasteiger partial charge in [0.05, 0.1) is 4.92 Å². The smallest absolute Gasteiger partial charge is 0.292 e. The van der Waals surface area contributed by atoms with Crippen molar-refractivity contribution < 1.29 is 4.92 Å². The molecular formula is C8H8N6O2. The highest BCUT2D eigenvalue weighted by molar-refractivity contribution is 5.68. The lowest BCUT2D eigenvalue weighted by Gasteiger charge is -2.01. The maximum absolute atomic E-state index is 10.7. The lowest BCUT2D eigenvalue weighted by Crippen LogP contribution is -1.98. The summed E-state index contributed by atoms with van der Waals surface area (Å²) in [4.78, 5) is 10.2. The molecule has 8 heteroatoms. The SMILES string of the molecule is Cn1nnnc1-c1ccc(N)c([N+](=O)[O-])c1. The van der Waals surface area contributed by atoms with Crippen LogP contribution >= 0.6 is 0 Å². The monoisotopic (exact) mass is 220 g/mol. The molecule has 2 N–H and O–H groups in total. The van der Waals surface area contributed by atoms with Gasteiger partial charge in [0.1, 0.15) is 5.69 Å². The van der Waals surface area contributed by atoms with Crippen molar-refractivity contribution in [2.45, 2.75) is 0 Å². The van der Waals surface area contributed by atoms with Crippen LogP contribution in [0.5, 0.6) is 0 Å². The number of hydrogen-bond donors (Lipinski definition) is 1. The maximum atomic E-state index is 10.7. The Morgan fingerprint density at radius 1 is 1.50 bits per heavy atom. The van der Waals surface area contributed by atoms with Crippen molar-refractivity contribution in [3.8, 4) is 11.4 Å². The number of hydrogen-bond acceptors (Lipinski definition) is 6. The van der Waals surface area contributed by atoms with E-state index in [9.17, 15) is 10.1 Å². The van der Waals surface area contributed by atoms with Crippen LogP contribution in [0.1, 0.15) is 0 Å². The van der Waals surface area contributed by atoms with Crippen LogP contribution in [0.15, 0.2) is 18.2 Å². The molecule has 2 aromatic rings. The Bertz CT molecular complexity index is 549. The highest BCUT2D eigenvalue weighted by atomic mass is 16.6. The molecule has 0 atom stereocenters. The van der Waals surface area contributed by atoms with E-state index in [1.165, 1.54) is 16.8 Å². The number of nitro groups is 1. The summed E-state index contributed by atoms with van der Waals surface area (Å²) in [6, 6.07) is 4.44. The van der Waals surface area contributed by atoms with Crippen LogP contribution in [0.3, 0.4) is 0 Å². The summed E-state index contributed by atoms with van der Waals surface area (Å²) in [5, 5.41) is 21.6. The molecule has 0 saturated carbocycles. The van der Waals surface area contributed by atoms with Crippen LogP contribution in [0.2, 0.25) is 0 Å². The molecule has 0 fully saturated rings. The normalized spacial score (nSPS) is 10.3. The van der Waals surface area contributed by atoms with E-state index in [0.29, 0.717) is 11.4 Å². The number of anilines is 1. The number of nitrogens with zero attached hydrogens (tertiary/aromatic N) is 5. The molecule has 1 aromatic carbocycles. The quantitative estimate of drug-likeness (QED) is 0.444. The molecule has 8 nitrogen and oxygen atoms in total. The van der Waals surface area contributed by atoms with Crippen LogP contribution < -0.4 is 5.73 Å². The lowest BCUT2D eigenvalue weighted by molar-refractivity contribution is -0.383. The molecule has 0 aliphatic rings. The van der Waals surface area contributed by atoms with Crippen molar-refractivity contribution in [1.82, 2.24) is 20.2 Å². The van der Waals surface area contributed by atoms with Gasteiger partial charge in [0.25, 0.3) is 5.69 Å². The Kier molecular flexibility index (Phi) is 2.24. The van der Waals surface area contributed by atoms with E-state index in [1.54, 1.807) is 13.1 Å². The summed E-state index contributed by atoms with van der Waals surface area (Å²) in [5.41, 5.74) is 5.99. The standard InChI is InChI=1S/C8H8N6O2/c1-13-8(10-11-12-13)5-2-3-6(9)7(4-5)14(15)16/h2-4H,9H2,1H3. The summed E-state index contributed by atoms with van der Waals surface area (Å²) < 4.78 is 1.43. The van der Waals surface area contributed by atoms with Gasteiger partial charge in [-0.15, -0.1) is 5.10 Å². The number of tetrazole rings is 1. The highest BCUT2D eigenvalue weighted by Crippen LogP contribution is 2.26. The molecule has 0 saturated heterocycles. The number of nitro benzene ring substituents is 1. The molecule has 0 aliphatic carbocycles. The van der Waals surface area contributed by atoms with Gasteiger partial charge in [-0.3, -0.25) is 10.1 Å². The number of benzene rings is 1. The summed E-state index contributed by atoms with van der Waals surface area (Å²) in [5.74, 6) is 0.447. The molecule has 0 aliphatic heterocycles. The van der Waals surface area contributed by atoms with Gasteiger partial charge < -0.3 is 5.73 Å². The molecule has 82 valence electrons. The van der Waals surface area contributed by atoms with Crippen molar-refractivity contribution in [1.29, 1.82) is 0 Å². The van der Waals surface area contributed by atoms with Crippen LogP contribution in [0.4, 0.5) is 11.4 Å². The van der Waals surface area contributed by atoms with E-state index < -0.39 is 4.92 Å². The number of aromatic nitrogens is 4. The first kappa shape index (κ1) is 10.0. The zero-order chi connectivity index (χ0) is 11.7. The molecular weight excluding hydrogens is 212 g/mol. The molecule has 0 spiro atoms. The van der Waals surface area contributed by atoms with Gasteiger partial charge >= 0.3 is 0 Å². The van der Waals surface area contributed by atoms with Crippen LogP contribution in [0, 0.1) is 10.1 Å². The third-order valence-electron chi connectivity index (χ3n) is 2.11. The summed E-state index contributed by atoms with van der Waals surface area (Å²) in [6.07, 6.45) is 0. The fourth-order valence-corrected chi connectivity index (χ4v) is 1.31. The molecule has 0 unspecified atom stereocenters. The average Bonchev–Trinajstić information content (AvgIpc) is 2.65. The second-order valence-corrected chi connectivity index (χ2v) is 3.16. The van der Waals surface area contributed by atoms with E-state index in [2.05, 4.69) is 15.5 Å². The average molecular weight is 220 g/mol. The number of nitrogen functional groups attached to an aromatic ring is 1. The van der Waals surface area contributed by atoms with E-state index in [1.807, 2.05) is 0 Å². The first-order valence-corrected chi connectivity index (χ1v) is 4.36. The first-order valence-electron chi connectivity index (χ1n) is 4.36. The third kappa shape index (κ3) is 1.56. The zero-order valence-electron chi connectivity index (χ0n) is 8.36. The van der Waals surface area contributed by atoms with Gasteiger partial charge in [-0.1, -0.05) is 0 Å². The maximum Gasteiger partial charge on any atom is 0.292 e. The van der Waals surface area contributed by atoms with Gasteiger partial charge in [0, 0.05) is 18.7 Å². The lowest BCUT2D eigenvalue weighted by atomic mass is 10.1. The summed E-state index contributed by atoms with van der Waals surface area (Å²) in [7, 11) is 1.65. The molecule has 0 bridgehead atoms. The van der Waals surface area contributed by atoms with E-state index in [4.69, 9.17) is 5.73 Å². The molecule has 2 rings (SSSR count). The van der Waals surface area contributed by atoms with E-state index in [0.717, 1.165) is 0 Å². The third-order valence-corrected chi connectivity index (χ3v) is 2.11. The molecule has 0 amide bonds. The predicted molar refractivity (Wildman–Crippen MR) is 55.3 cm³/mol. The second-order valence-electron chi connectivity index (χ2n) is 3.16. The number of aryl methyl sites for hydroxylation is 1. The highest BCUT2D eigenvalue weighted by Gasteiger charge is 2.15. The van der Waals surface area contributed by atoms with Crippen molar-refractivity contribution in [2.75, 3.05) is 5.73 Å². The van der Waals surface area contributed by atoms with Gasteiger partial charge in [0.2, 0.25) is 0 Å². The second kappa shape index (κ2) is 3.57. The topological polar surface area (TPSA) is 113 Å². The predicted octanol–water partition coefficient (Wildman–Crippen LogP) is 0.367. The van der Waals surface area contributed by atoms with Crippen molar-refractivity contribution in [2.24, 2.45) is 7.05 Å². The van der Waals surface area contributed by atoms with Gasteiger partial charge in [-0.2, -0.15) is 0 Å². The van der Waals surface area contributed by atoms with Crippen molar-refractivity contribution in [3.05, 3.63) is 28.3 Å². The van der Waals surface area contributed by atoms with E-state index >= 15 is 0 Å². The Balaban J connectivity index is 2.56. The molecule has 16 heavy (non-hydrogen) atoms.